The minimum atomic E-state index is -0.806. The smallest absolute Gasteiger partial charge is 0.411 e. The van der Waals surface area contributed by atoms with Gasteiger partial charge in [0.05, 0.1) is 4.92 Å². The van der Waals surface area contributed by atoms with Crippen LogP contribution in [0.15, 0.2) is 24.3 Å². The first-order valence-electron chi connectivity index (χ1n) is 7.64. The molecule has 0 N–H and O–H groups in total. The molecule has 8 heteroatoms. The van der Waals surface area contributed by atoms with Crippen LogP contribution in [0.25, 0.3) is 0 Å². The number of nitro benzene ring substituents is 1. The molecule has 0 aliphatic carbocycles. The van der Waals surface area contributed by atoms with E-state index in [-0.39, 0.29) is 11.4 Å². The van der Waals surface area contributed by atoms with Gasteiger partial charge in [-0.15, -0.1) is 0 Å². The standard InChI is InChI=1S/C16H20N2O6/c1-16(2,3)24-15(20)17-10-6-8-12(17)14(19)23-13-9-5-4-7-11(13)18(21)22/h4-5,7,9,12H,6,8,10H2,1-3H3/t12-/m0/s1. The molecule has 8 nitrogen and oxygen atoms in total. The van der Waals surface area contributed by atoms with Crippen LogP contribution in [0.1, 0.15) is 33.6 Å². The lowest BCUT2D eigenvalue weighted by molar-refractivity contribution is -0.385. The van der Waals surface area contributed by atoms with Crippen molar-refractivity contribution >= 4 is 17.7 Å². The summed E-state index contributed by atoms with van der Waals surface area (Å²) in [6.07, 6.45) is 0.471. The van der Waals surface area contributed by atoms with E-state index in [0.717, 1.165) is 0 Å². The molecule has 2 rings (SSSR count). The summed E-state index contributed by atoms with van der Waals surface area (Å²) in [6, 6.07) is 4.82. The predicted octanol–water partition coefficient (Wildman–Crippen LogP) is 2.90. The lowest BCUT2D eigenvalue weighted by atomic mass is 10.2. The SMILES string of the molecule is CC(C)(C)OC(=O)N1CCC[C@H]1C(=O)Oc1ccccc1[N+](=O)[O-]. The third-order valence-electron chi connectivity index (χ3n) is 3.43. The Labute approximate surface area is 139 Å². The molecular formula is C16H20N2O6. The fourth-order valence-electron chi connectivity index (χ4n) is 2.42. The Morgan fingerprint density at radius 2 is 1.96 bits per heavy atom. The number of para-hydroxylation sites is 2. The van der Waals surface area contributed by atoms with Gasteiger partial charge in [-0.25, -0.2) is 9.59 Å². The Balaban J connectivity index is 2.12. The molecular weight excluding hydrogens is 316 g/mol. The summed E-state index contributed by atoms with van der Waals surface area (Å²) in [5, 5.41) is 11.0. The number of hydrogen-bond donors (Lipinski definition) is 0. The van der Waals surface area contributed by atoms with Gasteiger partial charge in [-0.2, -0.15) is 0 Å². The van der Waals surface area contributed by atoms with Crippen molar-refractivity contribution in [2.24, 2.45) is 0 Å². The molecule has 0 bridgehead atoms. The van der Waals surface area contributed by atoms with Gasteiger partial charge in [-0.1, -0.05) is 12.1 Å². The summed E-state index contributed by atoms with van der Waals surface area (Å²) >= 11 is 0. The molecule has 1 aliphatic rings. The lowest BCUT2D eigenvalue weighted by Crippen LogP contribution is -2.44. The van der Waals surface area contributed by atoms with E-state index in [1.165, 1.54) is 29.2 Å². The maximum absolute atomic E-state index is 12.4. The average Bonchev–Trinajstić information content (AvgIpc) is 2.95. The number of nitro groups is 1. The van der Waals surface area contributed by atoms with Crippen LogP contribution < -0.4 is 4.74 Å². The van der Waals surface area contributed by atoms with Crippen LogP contribution in [0.2, 0.25) is 0 Å². The van der Waals surface area contributed by atoms with Crippen molar-refractivity contribution in [3.8, 4) is 5.75 Å². The third kappa shape index (κ3) is 4.21. The molecule has 1 aromatic carbocycles. The number of nitrogens with zero attached hydrogens (tertiary/aromatic N) is 2. The van der Waals surface area contributed by atoms with Gasteiger partial charge in [-0.05, 0) is 39.7 Å². The summed E-state index contributed by atoms with van der Waals surface area (Å²) in [7, 11) is 0. The number of benzene rings is 1. The van der Waals surface area contributed by atoms with Crippen LogP contribution in [0, 0.1) is 10.1 Å². The zero-order valence-corrected chi connectivity index (χ0v) is 13.9. The van der Waals surface area contributed by atoms with E-state index in [1.807, 2.05) is 0 Å². The molecule has 1 aliphatic heterocycles. The van der Waals surface area contributed by atoms with Crippen LogP contribution in [0.3, 0.4) is 0 Å². The van der Waals surface area contributed by atoms with Crippen LogP contribution in [-0.4, -0.2) is 40.1 Å². The van der Waals surface area contributed by atoms with E-state index < -0.39 is 28.6 Å². The number of carbonyl (C=O) groups is 2. The van der Waals surface area contributed by atoms with E-state index in [9.17, 15) is 19.7 Å². The Bertz CT molecular complexity index is 652. The number of hydrogen-bond acceptors (Lipinski definition) is 6. The van der Waals surface area contributed by atoms with Crippen molar-refractivity contribution in [3.05, 3.63) is 34.4 Å². The molecule has 0 saturated carbocycles. The Morgan fingerprint density at radius 3 is 2.58 bits per heavy atom. The Hall–Kier alpha value is -2.64. The van der Waals surface area contributed by atoms with Crippen molar-refractivity contribution in [1.29, 1.82) is 0 Å². The number of esters is 1. The normalized spacial score (nSPS) is 17.5. The summed E-state index contributed by atoms with van der Waals surface area (Å²) in [5.74, 6) is -0.837. The average molecular weight is 336 g/mol. The van der Waals surface area contributed by atoms with Crippen LogP contribution in [0.4, 0.5) is 10.5 Å². The van der Waals surface area contributed by atoms with Crippen molar-refractivity contribution in [2.45, 2.75) is 45.3 Å². The number of rotatable bonds is 3. The highest BCUT2D eigenvalue weighted by molar-refractivity contribution is 5.84. The fourth-order valence-corrected chi connectivity index (χ4v) is 2.42. The number of likely N-dealkylation sites (tertiary alicyclic amines) is 1. The van der Waals surface area contributed by atoms with Crippen LogP contribution in [0.5, 0.6) is 5.75 Å². The molecule has 1 saturated heterocycles. The minimum Gasteiger partial charge on any atom is -0.444 e. The molecule has 0 unspecified atom stereocenters. The maximum atomic E-state index is 12.4. The first kappa shape index (κ1) is 17.7. The van der Waals surface area contributed by atoms with Crippen molar-refractivity contribution in [1.82, 2.24) is 4.90 Å². The number of amides is 1. The molecule has 1 atom stereocenters. The summed E-state index contributed by atoms with van der Waals surface area (Å²) in [6.45, 7) is 5.59. The third-order valence-corrected chi connectivity index (χ3v) is 3.43. The van der Waals surface area contributed by atoms with Gasteiger partial charge in [0.25, 0.3) is 0 Å². The van der Waals surface area contributed by atoms with E-state index in [2.05, 4.69) is 0 Å². The van der Waals surface area contributed by atoms with Gasteiger partial charge >= 0.3 is 17.7 Å². The van der Waals surface area contributed by atoms with E-state index >= 15 is 0 Å². The van der Waals surface area contributed by atoms with Crippen molar-refractivity contribution in [2.75, 3.05) is 6.54 Å². The Morgan fingerprint density at radius 1 is 1.29 bits per heavy atom. The minimum absolute atomic E-state index is 0.136. The topological polar surface area (TPSA) is 99.0 Å². The van der Waals surface area contributed by atoms with Crippen molar-refractivity contribution < 1.29 is 24.0 Å². The second-order valence-electron chi connectivity index (χ2n) is 6.48. The van der Waals surface area contributed by atoms with Crippen LogP contribution in [-0.2, 0) is 9.53 Å². The highest BCUT2D eigenvalue weighted by atomic mass is 16.6. The second kappa shape index (κ2) is 6.86. The van der Waals surface area contributed by atoms with Gasteiger partial charge in [0.15, 0.2) is 0 Å². The second-order valence-corrected chi connectivity index (χ2v) is 6.48. The fraction of sp³-hybridized carbons (Fsp3) is 0.500. The van der Waals surface area contributed by atoms with E-state index in [0.29, 0.717) is 19.4 Å². The van der Waals surface area contributed by atoms with Gasteiger partial charge in [0, 0.05) is 12.6 Å². The first-order chi connectivity index (χ1) is 11.2. The molecule has 24 heavy (non-hydrogen) atoms. The molecule has 130 valence electrons. The summed E-state index contributed by atoms with van der Waals surface area (Å²) in [5.41, 5.74) is -0.973. The molecule has 0 aromatic heterocycles. The summed E-state index contributed by atoms with van der Waals surface area (Å²) < 4.78 is 10.5. The molecule has 1 amide bonds. The van der Waals surface area contributed by atoms with Gasteiger partial charge in [-0.3, -0.25) is 15.0 Å². The molecule has 0 spiro atoms. The maximum Gasteiger partial charge on any atom is 0.411 e. The Kier molecular flexibility index (Phi) is 5.06. The van der Waals surface area contributed by atoms with Gasteiger partial charge in [0.1, 0.15) is 11.6 Å². The van der Waals surface area contributed by atoms with E-state index in [1.54, 1.807) is 20.8 Å². The number of ether oxygens (including phenoxy) is 2. The van der Waals surface area contributed by atoms with Crippen molar-refractivity contribution in [3.63, 3.8) is 0 Å². The quantitative estimate of drug-likeness (QED) is 0.364. The molecule has 1 fully saturated rings. The van der Waals surface area contributed by atoms with E-state index in [4.69, 9.17) is 9.47 Å². The van der Waals surface area contributed by atoms with Gasteiger partial charge < -0.3 is 9.47 Å². The zero-order chi connectivity index (χ0) is 17.9. The zero-order valence-electron chi connectivity index (χ0n) is 13.9. The lowest BCUT2D eigenvalue weighted by Gasteiger charge is -2.27. The summed E-state index contributed by atoms with van der Waals surface area (Å²) in [4.78, 5) is 36.2. The van der Waals surface area contributed by atoms with Gasteiger partial charge in [0.2, 0.25) is 5.75 Å². The number of carbonyl (C=O) groups excluding carboxylic acids is 2. The largest absolute Gasteiger partial charge is 0.444 e. The molecule has 0 radical (unpaired) electrons. The predicted molar refractivity (Wildman–Crippen MR) is 84.7 cm³/mol. The highest BCUT2D eigenvalue weighted by Crippen LogP contribution is 2.28. The van der Waals surface area contributed by atoms with Crippen LogP contribution >= 0.6 is 0 Å². The molecule has 1 aromatic rings. The highest BCUT2D eigenvalue weighted by Gasteiger charge is 2.38. The monoisotopic (exact) mass is 336 g/mol. The molecule has 1 heterocycles. The first-order valence-corrected chi connectivity index (χ1v) is 7.64.